The van der Waals surface area contributed by atoms with Gasteiger partial charge in [0.2, 0.25) is 0 Å². The average molecular weight is 264 g/mol. The van der Waals surface area contributed by atoms with Gasteiger partial charge in [0.25, 0.3) is 0 Å². The zero-order valence-electron chi connectivity index (χ0n) is 9.94. The molecule has 4 N–H and O–H groups in total. The van der Waals surface area contributed by atoms with Crippen LogP contribution < -0.4 is 10.6 Å². The molecule has 0 aromatic rings. The van der Waals surface area contributed by atoms with Gasteiger partial charge in [0, 0.05) is 6.54 Å². The first-order valence-electron chi connectivity index (χ1n) is 5.48. The van der Waals surface area contributed by atoms with Crippen LogP contribution >= 0.6 is 11.8 Å². The number of carbonyl (C=O) groups is 2. The molecular formula is C10H20N2O4S. The molecule has 7 heteroatoms. The summed E-state index contributed by atoms with van der Waals surface area (Å²) in [6.07, 6.45) is 5.06. The minimum atomic E-state index is -1.25. The van der Waals surface area contributed by atoms with Crippen molar-refractivity contribution in [2.75, 3.05) is 25.2 Å². The highest BCUT2D eigenvalue weighted by Crippen LogP contribution is 2.01. The first-order valence-corrected chi connectivity index (χ1v) is 6.88. The number of carboxylic acids is 1. The molecule has 100 valence electrons. The second-order valence-electron chi connectivity index (χ2n) is 3.53. The van der Waals surface area contributed by atoms with Crippen molar-refractivity contribution in [1.29, 1.82) is 0 Å². The largest absolute Gasteiger partial charge is 0.480 e. The van der Waals surface area contributed by atoms with Crippen molar-refractivity contribution in [1.82, 2.24) is 10.6 Å². The number of unbranched alkanes of at least 4 members (excludes halogenated alkanes) is 2. The summed E-state index contributed by atoms with van der Waals surface area (Å²) in [5.74, 6) is -0.139. The highest BCUT2D eigenvalue weighted by Gasteiger charge is 2.17. The first kappa shape index (κ1) is 16.1. The van der Waals surface area contributed by atoms with Crippen molar-refractivity contribution in [2.24, 2.45) is 0 Å². The van der Waals surface area contributed by atoms with E-state index in [0.29, 0.717) is 6.54 Å². The molecule has 0 saturated carbocycles. The first-order chi connectivity index (χ1) is 8.11. The number of hydrogen-bond acceptors (Lipinski definition) is 4. The zero-order chi connectivity index (χ0) is 13.1. The number of nitrogens with one attached hydrogen (secondary N) is 2. The summed E-state index contributed by atoms with van der Waals surface area (Å²) in [4.78, 5) is 21.7. The lowest BCUT2D eigenvalue weighted by Gasteiger charge is -2.12. The highest BCUT2D eigenvalue weighted by molar-refractivity contribution is 7.98. The molecule has 0 aliphatic carbocycles. The van der Waals surface area contributed by atoms with Gasteiger partial charge in [0.1, 0.15) is 0 Å². The number of aliphatic hydroxyl groups is 1. The maximum Gasteiger partial charge on any atom is 0.328 e. The zero-order valence-corrected chi connectivity index (χ0v) is 10.8. The standard InChI is InChI=1S/C10H20N2O4S/c1-17-6-4-2-3-5-11-10(16)12-8(7-13)9(14)15/h8,13H,2-7H2,1H3,(H,14,15)(H2,11,12,16). The maximum atomic E-state index is 11.2. The Morgan fingerprint density at radius 1 is 1.29 bits per heavy atom. The molecule has 17 heavy (non-hydrogen) atoms. The van der Waals surface area contributed by atoms with Crippen molar-refractivity contribution in [2.45, 2.75) is 25.3 Å². The molecule has 0 saturated heterocycles. The van der Waals surface area contributed by atoms with Gasteiger partial charge in [-0.1, -0.05) is 6.42 Å². The third kappa shape index (κ3) is 8.82. The number of carbonyl (C=O) groups excluding carboxylic acids is 1. The second kappa shape index (κ2) is 10.2. The van der Waals surface area contributed by atoms with Gasteiger partial charge < -0.3 is 20.8 Å². The highest BCUT2D eigenvalue weighted by atomic mass is 32.2. The number of rotatable bonds is 9. The molecular weight excluding hydrogens is 244 g/mol. The fourth-order valence-corrected chi connectivity index (χ4v) is 1.64. The van der Waals surface area contributed by atoms with Crippen LogP contribution in [0.2, 0.25) is 0 Å². The number of aliphatic hydroxyl groups excluding tert-OH is 1. The van der Waals surface area contributed by atoms with Crippen LogP contribution in [0, 0.1) is 0 Å². The summed E-state index contributed by atoms with van der Waals surface area (Å²) in [7, 11) is 0. The Morgan fingerprint density at radius 3 is 2.53 bits per heavy atom. The van der Waals surface area contributed by atoms with Crippen molar-refractivity contribution >= 4 is 23.8 Å². The summed E-state index contributed by atoms with van der Waals surface area (Å²) in [6, 6.07) is -1.80. The van der Waals surface area contributed by atoms with Gasteiger partial charge in [0.15, 0.2) is 6.04 Å². The van der Waals surface area contributed by atoms with Gasteiger partial charge >= 0.3 is 12.0 Å². The Hall–Kier alpha value is -0.950. The van der Waals surface area contributed by atoms with Gasteiger partial charge in [-0.25, -0.2) is 9.59 Å². The Balaban J connectivity index is 3.55. The number of aliphatic carboxylic acids is 1. The lowest BCUT2D eigenvalue weighted by molar-refractivity contribution is -0.140. The third-order valence-corrected chi connectivity index (χ3v) is 2.79. The van der Waals surface area contributed by atoms with Gasteiger partial charge in [0.05, 0.1) is 6.61 Å². The molecule has 0 radical (unpaired) electrons. The van der Waals surface area contributed by atoms with Crippen LogP contribution in [0.15, 0.2) is 0 Å². The molecule has 0 heterocycles. The van der Waals surface area contributed by atoms with Crippen molar-refractivity contribution in [3.8, 4) is 0 Å². The third-order valence-electron chi connectivity index (χ3n) is 2.10. The van der Waals surface area contributed by atoms with E-state index in [1.807, 2.05) is 6.26 Å². The molecule has 0 spiro atoms. The molecule has 0 aromatic carbocycles. The van der Waals surface area contributed by atoms with Crippen LogP contribution in [-0.4, -0.2) is 53.4 Å². The Kier molecular flexibility index (Phi) is 9.65. The topological polar surface area (TPSA) is 98.7 Å². The van der Waals surface area contributed by atoms with Crippen molar-refractivity contribution in [3.63, 3.8) is 0 Å². The van der Waals surface area contributed by atoms with Gasteiger partial charge in [-0.2, -0.15) is 11.8 Å². The van der Waals surface area contributed by atoms with Gasteiger partial charge in [-0.3, -0.25) is 0 Å². The molecule has 6 nitrogen and oxygen atoms in total. The number of carboxylic acid groups (broad SMARTS) is 1. The molecule has 0 bridgehead atoms. The fourth-order valence-electron chi connectivity index (χ4n) is 1.14. The van der Waals surface area contributed by atoms with E-state index < -0.39 is 24.6 Å². The van der Waals surface area contributed by atoms with E-state index in [1.54, 1.807) is 11.8 Å². The molecule has 0 aliphatic heterocycles. The van der Waals surface area contributed by atoms with Crippen LogP contribution in [0.25, 0.3) is 0 Å². The van der Waals surface area contributed by atoms with Crippen molar-refractivity contribution < 1.29 is 19.8 Å². The van der Waals surface area contributed by atoms with Crippen LogP contribution in [0.1, 0.15) is 19.3 Å². The molecule has 2 amide bonds. The number of hydrogen-bond donors (Lipinski definition) is 4. The van der Waals surface area contributed by atoms with E-state index in [2.05, 4.69) is 10.6 Å². The monoisotopic (exact) mass is 264 g/mol. The van der Waals surface area contributed by atoms with E-state index in [-0.39, 0.29) is 0 Å². The van der Waals surface area contributed by atoms with Crippen LogP contribution in [-0.2, 0) is 4.79 Å². The number of thioether (sulfide) groups is 1. The van der Waals surface area contributed by atoms with Crippen LogP contribution in [0.4, 0.5) is 4.79 Å². The summed E-state index contributed by atoms with van der Waals surface area (Å²) in [6.45, 7) is -0.103. The lowest BCUT2D eigenvalue weighted by Crippen LogP contribution is -2.48. The van der Waals surface area contributed by atoms with Gasteiger partial charge in [-0.15, -0.1) is 0 Å². The Morgan fingerprint density at radius 2 is 2.00 bits per heavy atom. The Labute approximate surface area is 105 Å². The number of amides is 2. The molecule has 0 rings (SSSR count). The minimum Gasteiger partial charge on any atom is -0.480 e. The number of urea groups is 1. The average Bonchev–Trinajstić information content (AvgIpc) is 2.30. The van der Waals surface area contributed by atoms with E-state index in [0.717, 1.165) is 25.0 Å². The molecule has 0 aliphatic rings. The fraction of sp³-hybridized carbons (Fsp3) is 0.800. The summed E-state index contributed by atoms with van der Waals surface area (Å²) >= 11 is 1.79. The van der Waals surface area contributed by atoms with Gasteiger partial charge in [-0.05, 0) is 24.9 Å². The van der Waals surface area contributed by atoms with E-state index in [9.17, 15) is 9.59 Å². The minimum absolute atomic E-state index is 0.512. The van der Waals surface area contributed by atoms with Crippen LogP contribution in [0.3, 0.4) is 0 Å². The van der Waals surface area contributed by atoms with E-state index in [4.69, 9.17) is 10.2 Å². The molecule has 0 fully saturated rings. The summed E-state index contributed by atoms with van der Waals surface area (Å²) in [5, 5.41) is 22.0. The second-order valence-corrected chi connectivity index (χ2v) is 4.51. The smallest absolute Gasteiger partial charge is 0.328 e. The summed E-state index contributed by atoms with van der Waals surface area (Å²) in [5.41, 5.74) is 0. The lowest BCUT2D eigenvalue weighted by atomic mass is 10.2. The molecule has 1 unspecified atom stereocenters. The van der Waals surface area contributed by atoms with E-state index in [1.165, 1.54) is 0 Å². The quantitative estimate of drug-likeness (QED) is 0.448. The summed E-state index contributed by atoms with van der Waals surface area (Å²) < 4.78 is 0. The predicted molar refractivity (Wildman–Crippen MR) is 67.3 cm³/mol. The molecule has 1 atom stereocenters. The van der Waals surface area contributed by atoms with Crippen LogP contribution in [0.5, 0.6) is 0 Å². The SMILES string of the molecule is CSCCCCCNC(=O)NC(CO)C(=O)O. The van der Waals surface area contributed by atoms with E-state index >= 15 is 0 Å². The van der Waals surface area contributed by atoms with Crippen molar-refractivity contribution in [3.05, 3.63) is 0 Å². The molecule has 0 aromatic heterocycles. The maximum absolute atomic E-state index is 11.2. The Bertz CT molecular complexity index is 238. The predicted octanol–water partition coefficient (Wildman–Crippen LogP) is 0.264. The normalized spacial score (nSPS) is 11.9.